The number of hydrogen-bond acceptors (Lipinski definition) is 7. The van der Waals surface area contributed by atoms with Crippen molar-refractivity contribution in [3.05, 3.63) is 52.5 Å². The Balaban J connectivity index is 1.49. The Kier molecular flexibility index (Phi) is 8.72. The average molecular weight is 461 g/mol. The fourth-order valence-electron chi connectivity index (χ4n) is 3.54. The maximum atomic E-state index is 12.3. The van der Waals surface area contributed by atoms with Gasteiger partial charge in [0, 0.05) is 49.9 Å². The van der Waals surface area contributed by atoms with Gasteiger partial charge in [-0.3, -0.25) is 14.6 Å². The lowest BCUT2D eigenvalue weighted by Crippen LogP contribution is -2.48. The summed E-state index contributed by atoms with van der Waals surface area (Å²) >= 11 is 6.26. The highest BCUT2D eigenvalue weighted by Gasteiger charge is 2.19. The minimum Gasteiger partial charge on any atom is -0.496 e. The second-order valence-electron chi connectivity index (χ2n) is 7.38. The normalized spacial score (nSPS) is 15.0. The minimum absolute atomic E-state index is 0.174. The van der Waals surface area contributed by atoms with Gasteiger partial charge in [-0.25, -0.2) is 5.43 Å². The van der Waals surface area contributed by atoms with Gasteiger partial charge >= 0.3 is 0 Å². The van der Waals surface area contributed by atoms with E-state index < -0.39 is 0 Å². The minimum atomic E-state index is -0.174. The summed E-state index contributed by atoms with van der Waals surface area (Å²) in [5, 5.41) is 4.87. The first kappa shape index (κ1) is 23.8. The number of nitrogens with zero attached hydrogens (tertiary/aromatic N) is 3. The first-order valence-corrected chi connectivity index (χ1v) is 10.7. The zero-order valence-electron chi connectivity index (χ0n) is 18.6. The fraction of sp³-hybridized carbons (Fsp3) is 0.391. The maximum absolute atomic E-state index is 12.3. The monoisotopic (exact) mass is 460 g/mol. The molecule has 0 aliphatic carbocycles. The number of carbonyl (C=O) groups is 1. The summed E-state index contributed by atoms with van der Waals surface area (Å²) in [6, 6.07) is 11.4. The Labute approximate surface area is 193 Å². The van der Waals surface area contributed by atoms with Crippen LogP contribution in [0.1, 0.15) is 11.1 Å². The van der Waals surface area contributed by atoms with Crippen LogP contribution in [0.25, 0.3) is 0 Å². The molecule has 0 bridgehead atoms. The first-order chi connectivity index (χ1) is 15.5. The van der Waals surface area contributed by atoms with Crippen molar-refractivity contribution in [1.82, 2.24) is 15.2 Å². The third kappa shape index (κ3) is 6.35. The van der Waals surface area contributed by atoms with Crippen molar-refractivity contribution in [3.63, 3.8) is 0 Å². The van der Waals surface area contributed by atoms with Crippen molar-refractivity contribution in [3.8, 4) is 17.2 Å². The van der Waals surface area contributed by atoms with Gasteiger partial charge in [0.1, 0.15) is 17.2 Å². The largest absolute Gasteiger partial charge is 0.496 e. The van der Waals surface area contributed by atoms with Crippen LogP contribution in [0.5, 0.6) is 17.2 Å². The molecule has 8 nitrogen and oxygen atoms in total. The molecule has 0 radical (unpaired) electrons. The Morgan fingerprint density at radius 2 is 1.66 bits per heavy atom. The predicted molar refractivity (Wildman–Crippen MR) is 125 cm³/mol. The summed E-state index contributed by atoms with van der Waals surface area (Å²) < 4.78 is 16.0. The molecule has 172 valence electrons. The maximum Gasteiger partial charge on any atom is 0.254 e. The van der Waals surface area contributed by atoms with Crippen molar-refractivity contribution >= 4 is 23.7 Å². The molecule has 9 heteroatoms. The molecule has 3 rings (SSSR count). The van der Waals surface area contributed by atoms with E-state index >= 15 is 0 Å². The molecule has 0 saturated carbocycles. The second-order valence-corrected chi connectivity index (χ2v) is 7.79. The second kappa shape index (κ2) is 11.7. The molecule has 0 atom stereocenters. The molecule has 1 aliphatic heterocycles. The van der Waals surface area contributed by atoms with E-state index in [2.05, 4.69) is 20.3 Å². The van der Waals surface area contributed by atoms with Crippen molar-refractivity contribution in [2.24, 2.45) is 5.10 Å². The summed E-state index contributed by atoms with van der Waals surface area (Å²) in [5.74, 6) is 1.50. The number of methoxy groups -OCH3 is 3. The lowest BCUT2D eigenvalue weighted by molar-refractivity contribution is -0.122. The van der Waals surface area contributed by atoms with Crippen LogP contribution in [0.2, 0.25) is 5.02 Å². The smallest absolute Gasteiger partial charge is 0.254 e. The van der Waals surface area contributed by atoms with Crippen LogP contribution in [-0.2, 0) is 11.3 Å². The number of hydrogen-bond donors (Lipinski definition) is 1. The average Bonchev–Trinajstić information content (AvgIpc) is 2.81. The number of nitrogens with one attached hydrogen (secondary N) is 1. The lowest BCUT2D eigenvalue weighted by Gasteiger charge is -2.34. The van der Waals surface area contributed by atoms with Crippen LogP contribution >= 0.6 is 11.6 Å². The Morgan fingerprint density at radius 3 is 2.25 bits per heavy atom. The van der Waals surface area contributed by atoms with E-state index in [4.69, 9.17) is 25.8 Å². The lowest BCUT2D eigenvalue weighted by atomic mass is 10.2. The summed E-state index contributed by atoms with van der Waals surface area (Å²) in [5.41, 5.74) is 4.32. The highest BCUT2D eigenvalue weighted by atomic mass is 35.5. The molecular formula is C23H29ClN4O4. The van der Waals surface area contributed by atoms with E-state index in [0.717, 1.165) is 43.3 Å². The third-order valence-electron chi connectivity index (χ3n) is 5.32. The molecule has 1 saturated heterocycles. The summed E-state index contributed by atoms with van der Waals surface area (Å²) in [6.07, 6.45) is 1.51. The summed E-state index contributed by atoms with van der Waals surface area (Å²) in [6.45, 7) is 4.47. The van der Waals surface area contributed by atoms with Crippen LogP contribution in [-0.4, -0.2) is 76.0 Å². The molecular weight excluding hydrogens is 432 g/mol. The number of rotatable bonds is 9. The third-order valence-corrected chi connectivity index (χ3v) is 5.69. The molecule has 1 amide bonds. The molecule has 2 aromatic rings. The van der Waals surface area contributed by atoms with E-state index in [-0.39, 0.29) is 12.5 Å². The Morgan fingerprint density at radius 1 is 1.03 bits per heavy atom. The van der Waals surface area contributed by atoms with Gasteiger partial charge in [-0.05, 0) is 11.6 Å². The number of ether oxygens (including phenoxy) is 3. The zero-order chi connectivity index (χ0) is 22.9. The van der Waals surface area contributed by atoms with Gasteiger partial charge in [0.2, 0.25) is 0 Å². The van der Waals surface area contributed by atoms with E-state index in [1.54, 1.807) is 33.5 Å². The van der Waals surface area contributed by atoms with Gasteiger partial charge < -0.3 is 14.2 Å². The topological polar surface area (TPSA) is 75.6 Å². The molecule has 32 heavy (non-hydrogen) atoms. The van der Waals surface area contributed by atoms with E-state index in [1.807, 2.05) is 24.3 Å². The van der Waals surface area contributed by atoms with Crippen LogP contribution < -0.4 is 19.6 Å². The van der Waals surface area contributed by atoms with Crippen molar-refractivity contribution in [1.29, 1.82) is 0 Å². The van der Waals surface area contributed by atoms with E-state index in [0.29, 0.717) is 22.8 Å². The molecule has 1 heterocycles. The van der Waals surface area contributed by atoms with Gasteiger partial charge in [0.25, 0.3) is 5.91 Å². The molecule has 1 N–H and O–H groups in total. The van der Waals surface area contributed by atoms with E-state index in [9.17, 15) is 4.79 Å². The van der Waals surface area contributed by atoms with Gasteiger partial charge in [-0.1, -0.05) is 29.8 Å². The molecule has 1 fully saturated rings. The Hall–Kier alpha value is -2.81. The molecule has 0 unspecified atom stereocenters. The highest BCUT2D eigenvalue weighted by molar-refractivity contribution is 6.31. The quantitative estimate of drug-likeness (QED) is 0.458. The van der Waals surface area contributed by atoms with Crippen LogP contribution in [0.15, 0.2) is 41.5 Å². The number of piperazine rings is 1. The number of carbonyl (C=O) groups excluding carboxylic acids is 1. The Bertz CT molecular complexity index is 920. The SMILES string of the molecule is COc1cc(OC)c(/C=N\NC(=O)CN2CCN(Cc3ccccc3Cl)CC2)c(OC)c1. The molecule has 1 aliphatic rings. The first-order valence-electron chi connectivity index (χ1n) is 10.3. The highest BCUT2D eigenvalue weighted by Crippen LogP contribution is 2.32. The number of halogens is 1. The summed E-state index contributed by atoms with van der Waals surface area (Å²) in [7, 11) is 4.67. The summed E-state index contributed by atoms with van der Waals surface area (Å²) in [4.78, 5) is 16.8. The number of amides is 1. The van der Waals surface area contributed by atoms with Gasteiger partial charge in [0.05, 0.1) is 39.7 Å². The van der Waals surface area contributed by atoms with Gasteiger partial charge in [0.15, 0.2) is 0 Å². The van der Waals surface area contributed by atoms with Crippen LogP contribution in [0.4, 0.5) is 0 Å². The molecule has 0 aromatic heterocycles. The van der Waals surface area contributed by atoms with E-state index in [1.165, 1.54) is 6.21 Å². The molecule has 0 spiro atoms. The van der Waals surface area contributed by atoms with Crippen LogP contribution in [0.3, 0.4) is 0 Å². The fourth-order valence-corrected chi connectivity index (χ4v) is 3.74. The molecule has 2 aromatic carbocycles. The standard InChI is InChI=1S/C23H29ClN4O4/c1-30-18-12-21(31-2)19(22(13-18)32-3)14-25-26-23(29)16-28-10-8-27(9-11-28)15-17-6-4-5-7-20(17)24/h4-7,12-14H,8-11,15-16H2,1-3H3,(H,26,29)/b25-14-. The van der Waals surface area contributed by atoms with Gasteiger partial charge in [-0.15, -0.1) is 0 Å². The van der Waals surface area contributed by atoms with Crippen molar-refractivity contribution < 1.29 is 19.0 Å². The number of hydrazone groups is 1. The van der Waals surface area contributed by atoms with Crippen molar-refractivity contribution in [2.75, 3.05) is 54.1 Å². The number of benzene rings is 2. The predicted octanol–water partition coefficient (Wildman–Crippen LogP) is 2.63. The van der Waals surface area contributed by atoms with Crippen LogP contribution in [0, 0.1) is 0 Å². The van der Waals surface area contributed by atoms with Gasteiger partial charge in [-0.2, -0.15) is 5.10 Å². The zero-order valence-corrected chi connectivity index (χ0v) is 19.4. The van der Waals surface area contributed by atoms with Crippen molar-refractivity contribution in [2.45, 2.75) is 6.54 Å².